The van der Waals surface area contributed by atoms with Crippen molar-refractivity contribution in [3.05, 3.63) is 46.6 Å². The Morgan fingerprint density at radius 2 is 1.70 bits per heavy atom. The largest absolute Gasteiger partial charge is 0.507 e. The average molecular weight is 372 g/mol. The van der Waals surface area contributed by atoms with Crippen molar-refractivity contribution in [2.24, 2.45) is 5.92 Å². The number of phenolic OH excluding ortho intramolecular Hbond substituents is 2. The lowest BCUT2D eigenvalue weighted by atomic mass is 9.89. The van der Waals surface area contributed by atoms with Gasteiger partial charge in [0.25, 0.3) is 0 Å². The molecule has 27 heavy (non-hydrogen) atoms. The third-order valence-electron chi connectivity index (χ3n) is 4.35. The number of ketones is 3. The van der Waals surface area contributed by atoms with Crippen LogP contribution in [0.3, 0.4) is 0 Å². The molecule has 1 aromatic rings. The number of aliphatic hydroxyl groups excluding tert-OH is 1. The van der Waals surface area contributed by atoms with Crippen LogP contribution in [0.1, 0.15) is 72.4 Å². The molecule has 144 valence electrons. The maximum Gasteiger partial charge on any atom is 0.190 e. The molecule has 0 amide bonds. The molecule has 0 saturated heterocycles. The molecule has 3 N–H and O–H groups in total. The van der Waals surface area contributed by atoms with Crippen LogP contribution in [0.4, 0.5) is 0 Å². The summed E-state index contributed by atoms with van der Waals surface area (Å²) in [6.45, 7) is 5.71. The second-order valence-electron chi connectivity index (χ2n) is 7.26. The van der Waals surface area contributed by atoms with E-state index in [4.69, 9.17) is 0 Å². The Labute approximate surface area is 157 Å². The van der Waals surface area contributed by atoms with Crippen molar-refractivity contribution in [1.82, 2.24) is 0 Å². The highest BCUT2D eigenvalue weighted by molar-refractivity contribution is 6.24. The van der Waals surface area contributed by atoms with Crippen LogP contribution < -0.4 is 0 Å². The van der Waals surface area contributed by atoms with Crippen LogP contribution in [0, 0.1) is 5.92 Å². The van der Waals surface area contributed by atoms with Crippen molar-refractivity contribution in [3.8, 4) is 11.5 Å². The highest BCUT2D eigenvalue weighted by atomic mass is 16.3. The highest BCUT2D eigenvalue weighted by Crippen LogP contribution is 2.39. The lowest BCUT2D eigenvalue weighted by molar-refractivity contribution is -0.119. The van der Waals surface area contributed by atoms with Gasteiger partial charge in [-0.2, -0.15) is 0 Å². The fraction of sp³-hybridized carbons (Fsp3) is 0.381. The number of hydrogen-bond acceptors (Lipinski definition) is 6. The van der Waals surface area contributed by atoms with Gasteiger partial charge in [-0.1, -0.05) is 25.5 Å². The van der Waals surface area contributed by atoms with Gasteiger partial charge in [0, 0.05) is 18.4 Å². The SMILES string of the molecule is C/C(=C\C[C@H](O)c1cc(O)c2c(c1O)C(=O)C=CC2=O)CC(=O)CC(C)C. The van der Waals surface area contributed by atoms with E-state index in [1.807, 2.05) is 13.8 Å². The zero-order chi connectivity index (χ0) is 20.3. The van der Waals surface area contributed by atoms with E-state index in [1.165, 1.54) is 0 Å². The molecule has 0 heterocycles. The third-order valence-corrected chi connectivity index (χ3v) is 4.35. The van der Waals surface area contributed by atoms with Gasteiger partial charge < -0.3 is 15.3 Å². The lowest BCUT2D eigenvalue weighted by Gasteiger charge is -2.18. The van der Waals surface area contributed by atoms with E-state index >= 15 is 0 Å². The number of carbonyl (C=O) groups is 3. The molecule has 0 aliphatic heterocycles. The van der Waals surface area contributed by atoms with Crippen molar-refractivity contribution < 1.29 is 29.7 Å². The summed E-state index contributed by atoms with van der Waals surface area (Å²) in [5.41, 5.74) is 0.183. The van der Waals surface area contributed by atoms with Crippen molar-refractivity contribution in [3.63, 3.8) is 0 Å². The zero-order valence-corrected chi connectivity index (χ0v) is 15.7. The van der Waals surface area contributed by atoms with Crippen molar-refractivity contribution in [2.45, 2.75) is 46.1 Å². The molecule has 0 radical (unpaired) electrons. The van der Waals surface area contributed by atoms with Gasteiger partial charge in [-0.3, -0.25) is 14.4 Å². The number of rotatable bonds is 7. The van der Waals surface area contributed by atoms with E-state index in [1.54, 1.807) is 13.0 Å². The first-order chi connectivity index (χ1) is 12.6. The Morgan fingerprint density at radius 3 is 2.30 bits per heavy atom. The Bertz CT molecular complexity index is 845. The minimum atomic E-state index is -1.20. The van der Waals surface area contributed by atoms with Gasteiger partial charge in [-0.15, -0.1) is 0 Å². The second-order valence-corrected chi connectivity index (χ2v) is 7.26. The number of aromatic hydroxyl groups is 2. The summed E-state index contributed by atoms with van der Waals surface area (Å²) in [7, 11) is 0. The van der Waals surface area contributed by atoms with E-state index in [0.29, 0.717) is 6.42 Å². The monoisotopic (exact) mass is 372 g/mol. The fourth-order valence-corrected chi connectivity index (χ4v) is 3.09. The van der Waals surface area contributed by atoms with Gasteiger partial charge in [0.1, 0.15) is 17.3 Å². The summed E-state index contributed by atoms with van der Waals surface area (Å²) in [4.78, 5) is 35.7. The van der Waals surface area contributed by atoms with E-state index < -0.39 is 29.2 Å². The number of Topliss-reactive ketones (excluding diaryl/α,β-unsaturated/α-hetero) is 1. The van der Waals surface area contributed by atoms with Gasteiger partial charge in [0.15, 0.2) is 11.6 Å². The van der Waals surface area contributed by atoms with Crippen LogP contribution in [0.15, 0.2) is 29.9 Å². The molecule has 1 atom stereocenters. The first kappa shape index (κ1) is 20.6. The van der Waals surface area contributed by atoms with E-state index in [9.17, 15) is 29.7 Å². The molecular weight excluding hydrogens is 348 g/mol. The minimum absolute atomic E-state index is 0.0414. The molecule has 1 aromatic carbocycles. The zero-order valence-electron chi connectivity index (χ0n) is 15.7. The molecule has 0 fully saturated rings. The summed E-state index contributed by atoms with van der Waals surface area (Å²) in [5.74, 6) is -1.79. The standard InChI is InChI=1S/C21H24O6/c1-11(2)8-13(22)9-12(3)4-5-15(23)14-10-18(26)19-16(24)6-7-17(25)20(19)21(14)27/h4,6-7,10-11,15,23,26-27H,5,8-9H2,1-3H3/b12-4+/t15-/m0/s1. The van der Waals surface area contributed by atoms with Crippen molar-refractivity contribution in [2.75, 3.05) is 0 Å². The molecule has 6 nitrogen and oxygen atoms in total. The molecule has 0 bridgehead atoms. The topological polar surface area (TPSA) is 112 Å². The first-order valence-corrected chi connectivity index (χ1v) is 8.82. The minimum Gasteiger partial charge on any atom is -0.507 e. The summed E-state index contributed by atoms with van der Waals surface area (Å²) in [6.07, 6.45) is 3.38. The lowest BCUT2D eigenvalue weighted by Crippen LogP contribution is -2.14. The average Bonchev–Trinajstić information content (AvgIpc) is 2.57. The molecule has 0 spiro atoms. The van der Waals surface area contributed by atoms with Crippen LogP contribution in [0.5, 0.6) is 11.5 Å². The van der Waals surface area contributed by atoms with Crippen molar-refractivity contribution in [1.29, 1.82) is 0 Å². The summed E-state index contributed by atoms with van der Waals surface area (Å²) < 4.78 is 0. The third kappa shape index (κ3) is 4.71. The van der Waals surface area contributed by atoms with Gasteiger partial charge in [0.05, 0.1) is 17.2 Å². The first-order valence-electron chi connectivity index (χ1n) is 8.82. The van der Waals surface area contributed by atoms with Gasteiger partial charge in [-0.25, -0.2) is 0 Å². The predicted octanol–water partition coefficient (Wildman–Crippen LogP) is 3.41. The molecule has 6 heteroatoms. The molecule has 0 unspecified atom stereocenters. The molecule has 0 aromatic heterocycles. The van der Waals surface area contributed by atoms with Gasteiger partial charge >= 0.3 is 0 Å². The maximum atomic E-state index is 12.0. The van der Waals surface area contributed by atoms with Crippen LogP contribution in [0.2, 0.25) is 0 Å². The molecule has 1 aliphatic rings. The maximum absolute atomic E-state index is 12.0. The molecule has 1 aliphatic carbocycles. The number of allylic oxidation sites excluding steroid dienone is 3. The number of fused-ring (bicyclic) bond motifs is 1. The second kappa shape index (κ2) is 8.31. The highest BCUT2D eigenvalue weighted by Gasteiger charge is 2.29. The summed E-state index contributed by atoms with van der Waals surface area (Å²) in [6, 6.07) is 1.09. The predicted molar refractivity (Wildman–Crippen MR) is 100.0 cm³/mol. The van der Waals surface area contributed by atoms with Gasteiger partial charge in [0.2, 0.25) is 0 Å². The van der Waals surface area contributed by atoms with Crippen LogP contribution >= 0.6 is 0 Å². The Hall–Kier alpha value is -2.73. The molecular formula is C21H24O6. The number of phenols is 2. The Morgan fingerprint density at radius 1 is 1.11 bits per heavy atom. The smallest absolute Gasteiger partial charge is 0.190 e. The molecule has 2 rings (SSSR count). The fourth-order valence-electron chi connectivity index (χ4n) is 3.09. The number of carbonyl (C=O) groups excluding carboxylic acids is 3. The van der Waals surface area contributed by atoms with E-state index in [-0.39, 0.29) is 41.2 Å². The number of aliphatic hydroxyl groups is 1. The van der Waals surface area contributed by atoms with E-state index in [0.717, 1.165) is 23.8 Å². The Kier molecular flexibility index (Phi) is 6.33. The van der Waals surface area contributed by atoms with Crippen LogP contribution in [-0.4, -0.2) is 32.7 Å². The Balaban J connectivity index is 2.22. The van der Waals surface area contributed by atoms with Gasteiger partial charge in [-0.05, 0) is 37.5 Å². The van der Waals surface area contributed by atoms with E-state index in [2.05, 4.69) is 0 Å². The quantitative estimate of drug-likeness (QED) is 0.499. The number of benzene rings is 1. The summed E-state index contributed by atoms with van der Waals surface area (Å²) >= 11 is 0. The van der Waals surface area contributed by atoms with Crippen LogP contribution in [0.25, 0.3) is 0 Å². The van der Waals surface area contributed by atoms with Crippen LogP contribution in [-0.2, 0) is 4.79 Å². The summed E-state index contributed by atoms with van der Waals surface area (Å²) in [5, 5.41) is 30.9. The normalized spacial score (nSPS) is 15.2. The number of hydrogen-bond donors (Lipinski definition) is 3. The molecule has 0 saturated carbocycles. The van der Waals surface area contributed by atoms with Crippen molar-refractivity contribution >= 4 is 17.3 Å².